The molecule has 0 radical (unpaired) electrons. The van der Waals surface area contributed by atoms with Gasteiger partial charge in [0.25, 0.3) is 0 Å². The van der Waals surface area contributed by atoms with Crippen LogP contribution in [-0.2, 0) is 0 Å². The van der Waals surface area contributed by atoms with Gasteiger partial charge in [0.1, 0.15) is 0 Å². The topological polar surface area (TPSA) is 19.7 Å². The van der Waals surface area contributed by atoms with Crippen molar-refractivity contribution in [3.8, 4) is 33.9 Å². The molecule has 14 aromatic rings. The quantitative estimate of drug-likeness (QED) is 0.164. The molecule has 14 rings (SSSR count). The van der Waals surface area contributed by atoms with Gasteiger partial charge in [0, 0.05) is 65.7 Å². The zero-order valence-corrected chi connectivity index (χ0v) is 31.8. The highest BCUT2D eigenvalue weighted by Crippen LogP contribution is 2.41. The summed E-state index contributed by atoms with van der Waals surface area (Å²) >= 11 is 0. The van der Waals surface area contributed by atoms with Gasteiger partial charge in [-0.3, -0.25) is 0 Å². The average molecular weight is 853 g/mol. The van der Waals surface area contributed by atoms with Crippen molar-refractivity contribution in [3.05, 3.63) is 230 Å². The lowest BCUT2D eigenvalue weighted by molar-refractivity contribution is 1.16. The van der Waals surface area contributed by atoms with Crippen LogP contribution in [0, 0.1) is 0 Å². The molecule has 0 amide bonds. The number of benzene rings is 10. The molecule has 0 saturated carbocycles. The van der Waals surface area contributed by atoms with Crippen molar-refractivity contribution >= 4 is 87.2 Å². The summed E-state index contributed by atoms with van der Waals surface area (Å²) < 4.78 is 355. The van der Waals surface area contributed by atoms with Crippen molar-refractivity contribution in [2.45, 2.75) is 0 Å². The Balaban J connectivity index is 1.17. The highest BCUT2D eigenvalue weighted by Gasteiger charge is 2.20. The molecule has 0 aliphatic heterocycles. The smallest absolute Gasteiger partial charge is 0.0652 e. The first kappa shape index (κ1) is 14.5. The van der Waals surface area contributed by atoms with Crippen LogP contribution in [0.2, 0.25) is 0 Å². The van der Waals surface area contributed by atoms with Crippen LogP contribution in [0.15, 0.2) is 230 Å². The molecule has 0 unspecified atom stereocenters. The van der Waals surface area contributed by atoms with Gasteiger partial charge in [0.2, 0.25) is 0 Å². The molecule has 4 heterocycles. The second kappa shape index (κ2) is 13.4. The van der Waals surface area contributed by atoms with Gasteiger partial charge in [-0.1, -0.05) is 139 Å². The summed E-state index contributed by atoms with van der Waals surface area (Å²) in [6.07, 6.45) is 0. The van der Waals surface area contributed by atoms with Gasteiger partial charge in [-0.05, 0) is 96.2 Å². The summed E-state index contributed by atoms with van der Waals surface area (Å²) in [4.78, 5) is 0. The maximum atomic E-state index is 10.3. The summed E-state index contributed by atoms with van der Waals surface area (Å²) in [5, 5.41) is -5.23. The van der Waals surface area contributed by atoms with Crippen molar-refractivity contribution in [1.82, 2.24) is 18.3 Å². The molecule has 0 N–H and O–H groups in total. The van der Waals surface area contributed by atoms with Crippen LogP contribution in [0.3, 0.4) is 0 Å². The highest BCUT2D eigenvalue weighted by atomic mass is 15.0. The predicted octanol–water partition coefficient (Wildman–Crippen LogP) is 15.7. The molecular weight excluding hydrogens is 777 g/mol. The van der Waals surface area contributed by atoms with Gasteiger partial charge in [-0.25, -0.2) is 0 Å². The molecule has 298 valence electrons. The van der Waals surface area contributed by atoms with E-state index < -0.39 is 351 Å². The molecule has 4 nitrogen and oxygen atoms in total. The van der Waals surface area contributed by atoms with E-state index >= 15 is 0 Å². The van der Waals surface area contributed by atoms with E-state index in [1.54, 1.807) is 0 Å². The van der Waals surface area contributed by atoms with Crippen LogP contribution < -0.4 is 0 Å². The Hall–Kier alpha value is -8.60. The summed E-state index contributed by atoms with van der Waals surface area (Å²) in [6.45, 7) is 0. The minimum absolute atomic E-state index is 0.536. The van der Waals surface area contributed by atoms with Crippen molar-refractivity contribution in [2.24, 2.45) is 0 Å². The molecule has 4 heteroatoms. The number of fused-ring (bicyclic) bond motifs is 12. The molecule has 0 aliphatic carbocycles. The lowest BCUT2D eigenvalue weighted by Crippen LogP contribution is -1.99. The largest absolute Gasteiger partial charge is 0.309 e. The SMILES string of the molecule is [2H]c1c([2H])c([2H])c(-n2c3c([2H])c([2H])c([2H])c([2H])c3c3c([2H])c(-n4c5c([2H])c([2H])c([2H])c([2H])c5c5c([2H])c([2H])c([2H])c([2H])c54)c([2H])c([2H])c32)c(-c2c([2H])c([2H])c([2H])c(-n3c4c([2H])c([2H])c([2H])c([2H])c4c4c([2H])c(-n5c6c([2H])c([2H])c([2H])c([2H])c6c6c([2H])c([2H])c([2H])c([2H])c65)c([2H])c([2H])c43)c2[2H])c1[2H]. The van der Waals surface area contributed by atoms with E-state index in [1.165, 1.54) is 0 Å². The van der Waals surface area contributed by atoms with E-state index in [9.17, 15) is 21.9 Å². The van der Waals surface area contributed by atoms with Gasteiger partial charge in [-0.15, -0.1) is 0 Å². The fourth-order valence-corrected chi connectivity index (χ4v) is 8.19. The summed E-state index contributed by atoms with van der Waals surface area (Å²) in [5.41, 5.74) is -12.2. The number of hydrogen-bond donors (Lipinski definition) is 0. The Labute approximate surface area is 421 Å². The second-order valence-electron chi connectivity index (χ2n) is 14.0. The monoisotopic (exact) mass is 853 g/mol. The van der Waals surface area contributed by atoms with Crippen LogP contribution in [0.4, 0.5) is 0 Å². The fourth-order valence-electron chi connectivity index (χ4n) is 8.19. The van der Waals surface area contributed by atoms with E-state index in [-0.39, 0.29) is 0 Å². The highest BCUT2D eigenvalue weighted by molar-refractivity contribution is 6.14. The van der Waals surface area contributed by atoms with E-state index in [4.69, 9.17) is 30.2 Å². The van der Waals surface area contributed by atoms with Gasteiger partial charge < -0.3 is 18.3 Å². The molecule has 0 aliphatic rings. The fraction of sp³-hybridized carbons (Fsp3) is 0. The number of hydrogen-bond acceptors (Lipinski definition) is 0. The third-order valence-corrected chi connectivity index (χ3v) is 10.8. The molecule has 4 aromatic heterocycles. The lowest BCUT2D eigenvalue weighted by atomic mass is 10.0. The zero-order valence-electron chi connectivity index (χ0n) is 69.8. The molecule has 10 aromatic carbocycles. The lowest BCUT2D eigenvalue weighted by Gasteiger charge is -2.16. The molecule has 0 spiro atoms. The zero-order chi connectivity index (χ0) is 75.0. The van der Waals surface area contributed by atoms with E-state index in [1.807, 2.05) is 0 Å². The number of nitrogens with zero attached hydrogens (tertiary/aromatic N) is 4. The minimum Gasteiger partial charge on any atom is -0.309 e. The van der Waals surface area contributed by atoms with Crippen molar-refractivity contribution in [3.63, 3.8) is 0 Å². The summed E-state index contributed by atoms with van der Waals surface area (Å²) in [6, 6.07) is -39.3. The molecule has 64 heavy (non-hydrogen) atoms. The van der Waals surface area contributed by atoms with Crippen LogP contribution in [0.1, 0.15) is 52.1 Å². The molecule has 0 fully saturated rings. The minimum atomic E-state index is -1.30. The average Bonchev–Trinajstić information content (AvgIpc) is 1.67. The van der Waals surface area contributed by atoms with Gasteiger partial charge >= 0.3 is 0 Å². The van der Waals surface area contributed by atoms with Crippen molar-refractivity contribution in [2.75, 3.05) is 0 Å². The van der Waals surface area contributed by atoms with E-state index in [0.717, 1.165) is 0 Å². The molecule has 0 bridgehead atoms. The van der Waals surface area contributed by atoms with Crippen LogP contribution >= 0.6 is 0 Å². The van der Waals surface area contributed by atoms with Crippen LogP contribution in [-0.4, -0.2) is 18.3 Å². The number of aromatic nitrogens is 4. The van der Waals surface area contributed by atoms with E-state index in [2.05, 4.69) is 0 Å². The third kappa shape index (κ3) is 4.93. The van der Waals surface area contributed by atoms with Crippen molar-refractivity contribution < 1.29 is 52.1 Å². The summed E-state index contributed by atoms with van der Waals surface area (Å²) in [7, 11) is 0. The first-order valence-electron chi connectivity index (χ1n) is 37.9. The molecule has 0 saturated heterocycles. The van der Waals surface area contributed by atoms with Crippen LogP contribution in [0.25, 0.3) is 121 Å². The number of rotatable bonds is 5. The summed E-state index contributed by atoms with van der Waals surface area (Å²) in [5.74, 6) is 0. The Kier molecular flexibility index (Phi) is 3.04. The van der Waals surface area contributed by atoms with E-state index in [0.29, 0.717) is 18.3 Å². The predicted molar refractivity (Wildman–Crippen MR) is 269 cm³/mol. The molecule has 0 atom stereocenters. The van der Waals surface area contributed by atoms with Gasteiger partial charge in [-0.2, -0.15) is 0 Å². The number of para-hydroxylation sites is 7. The second-order valence-corrected chi connectivity index (χ2v) is 14.0. The maximum absolute atomic E-state index is 10.3. The van der Waals surface area contributed by atoms with Crippen molar-refractivity contribution in [1.29, 1.82) is 0 Å². The Morgan fingerprint density at radius 1 is 0.234 bits per heavy atom. The normalized spacial score (nSPS) is 20.4. The maximum Gasteiger partial charge on any atom is 0.0652 e. The Morgan fingerprint density at radius 3 is 1.02 bits per heavy atom. The first-order chi connectivity index (χ1) is 47.6. The van der Waals surface area contributed by atoms with Crippen LogP contribution in [0.5, 0.6) is 0 Å². The Morgan fingerprint density at radius 2 is 0.562 bits per heavy atom. The standard InChI is InChI=1S/C60H38N4/c1-8-25-52(64-58-31-14-7-24-49(58)51-38-42(33-35-60(51)64)63-55-28-11-4-21-46(55)47-22-5-12-29-56(47)63)43(18-1)39-16-15-17-40(36-39)61-57-30-13-6-23-48(57)50-37-41(32-34-59(50)61)62-53-26-9-2-19-44(53)45-20-3-10-27-54(45)62/h1-38H/i1D,2D,3D,4D,5D,6D,7D,8D,9D,10D,11D,12D,13D,14D,15D,16D,17D,18D,19D,20D,21D,22D,23D,24D,25D,26D,27D,28D,29D,30D,31D,32D,33D,34D,35D,36D,37D,38D. The molecular formula is C60H38N4. The third-order valence-electron chi connectivity index (χ3n) is 10.8. The first-order valence-corrected chi connectivity index (χ1v) is 18.9. The van der Waals surface area contributed by atoms with Gasteiger partial charge in [0.15, 0.2) is 0 Å². The van der Waals surface area contributed by atoms with Gasteiger partial charge in [0.05, 0.1) is 102 Å². The Bertz CT molecular complexity index is 6320.